The Morgan fingerprint density at radius 2 is 1.92 bits per heavy atom. The van der Waals surface area contributed by atoms with Gasteiger partial charge in [0.25, 0.3) is 5.91 Å². The molecule has 0 fully saturated rings. The molecule has 4 nitrogen and oxygen atoms in total. The van der Waals surface area contributed by atoms with Crippen molar-refractivity contribution in [1.82, 2.24) is 5.43 Å². The third-order valence-corrected chi connectivity index (χ3v) is 3.39. The quantitative estimate of drug-likeness (QED) is 0.579. The predicted octanol–water partition coefficient (Wildman–Crippen LogP) is 4.16. The summed E-state index contributed by atoms with van der Waals surface area (Å²) in [4.78, 5) is 12.0. The van der Waals surface area contributed by atoms with Gasteiger partial charge in [-0.1, -0.05) is 17.7 Å². The molecule has 3 rings (SSSR count). The monoisotopic (exact) mass is 322 g/mol. The zero-order valence-corrected chi connectivity index (χ0v) is 13.0. The van der Waals surface area contributed by atoms with Crippen molar-refractivity contribution in [3.63, 3.8) is 0 Å². The van der Waals surface area contributed by atoms with Crippen LogP contribution in [0.3, 0.4) is 0 Å². The Balaban J connectivity index is 1.65. The first-order chi connectivity index (χ1) is 11.6. The number of rotatable bonds is 4. The van der Waals surface area contributed by atoms with Gasteiger partial charge < -0.3 is 4.42 Å². The van der Waals surface area contributed by atoms with Crippen molar-refractivity contribution in [3.8, 4) is 11.3 Å². The van der Waals surface area contributed by atoms with Gasteiger partial charge >= 0.3 is 0 Å². The second kappa shape index (κ2) is 6.91. The number of hydrogen-bond acceptors (Lipinski definition) is 3. The first-order valence-corrected chi connectivity index (χ1v) is 7.38. The van der Waals surface area contributed by atoms with Crippen molar-refractivity contribution in [3.05, 3.63) is 83.4 Å². The molecular weight excluding hydrogens is 307 g/mol. The van der Waals surface area contributed by atoms with Gasteiger partial charge in [-0.05, 0) is 55.5 Å². The summed E-state index contributed by atoms with van der Waals surface area (Å²) < 4.78 is 18.5. The minimum absolute atomic E-state index is 0.291. The first-order valence-electron chi connectivity index (χ1n) is 7.38. The fraction of sp³-hybridized carbons (Fsp3) is 0.0526. The van der Waals surface area contributed by atoms with Crippen LogP contribution < -0.4 is 5.43 Å². The van der Waals surface area contributed by atoms with Crippen LogP contribution in [0.25, 0.3) is 11.3 Å². The number of carbonyl (C=O) groups is 1. The molecule has 0 spiro atoms. The number of amides is 1. The normalized spacial score (nSPS) is 10.9. The Kier molecular flexibility index (Phi) is 4.52. The Morgan fingerprint density at radius 1 is 1.12 bits per heavy atom. The molecule has 1 N–H and O–H groups in total. The predicted molar refractivity (Wildman–Crippen MR) is 90.3 cm³/mol. The fourth-order valence-corrected chi connectivity index (χ4v) is 2.20. The van der Waals surface area contributed by atoms with E-state index in [0.717, 1.165) is 11.1 Å². The molecule has 0 aliphatic heterocycles. The number of hydrazone groups is 1. The highest BCUT2D eigenvalue weighted by Crippen LogP contribution is 2.21. The van der Waals surface area contributed by atoms with Crippen molar-refractivity contribution in [2.45, 2.75) is 6.92 Å². The molecule has 0 radical (unpaired) electrons. The van der Waals surface area contributed by atoms with Crippen LogP contribution >= 0.6 is 0 Å². The smallest absolute Gasteiger partial charge is 0.271 e. The molecule has 5 heteroatoms. The van der Waals surface area contributed by atoms with Crippen LogP contribution in [-0.4, -0.2) is 12.1 Å². The molecule has 120 valence electrons. The van der Waals surface area contributed by atoms with E-state index in [-0.39, 0.29) is 11.7 Å². The van der Waals surface area contributed by atoms with Crippen molar-refractivity contribution in [2.75, 3.05) is 0 Å². The van der Waals surface area contributed by atoms with Gasteiger partial charge in [-0.15, -0.1) is 0 Å². The van der Waals surface area contributed by atoms with Gasteiger partial charge in [0.15, 0.2) is 0 Å². The Morgan fingerprint density at radius 3 is 2.67 bits per heavy atom. The zero-order valence-electron chi connectivity index (χ0n) is 13.0. The molecule has 1 amide bonds. The molecule has 1 aromatic heterocycles. The minimum atomic E-state index is -0.300. The molecule has 0 aliphatic carbocycles. The lowest BCUT2D eigenvalue weighted by atomic mass is 10.1. The highest BCUT2D eigenvalue weighted by atomic mass is 19.1. The third kappa shape index (κ3) is 3.76. The average Bonchev–Trinajstić information content (AvgIpc) is 3.04. The molecule has 1 heterocycles. The van der Waals surface area contributed by atoms with Gasteiger partial charge in [-0.3, -0.25) is 4.79 Å². The lowest BCUT2D eigenvalue weighted by Gasteiger charge is -2.00. The van der Waals surface area contributed by atoms with E-state index in [4.69, 9.17) is 4.42 Å². The number of aryl methyl sites for hydroxylation is 1. The molecule has 0 atom stereocenters. The van der Waals surface area contributed by atoms with Gasteiger partial charge in [0.05, 0.1) is 6.21 Å². The van der Waals surface area contributed by atoms with Crippen LogP contribution in [0, 0.1) is 12.7 Å². The maximum absolute atomic E-state index is 12.9. The number of halogens is 1. The van der Waals surface area contributed by atoms with Crippen LogP contribution in [0.4, 0.5) is 4.39 Å². The van der Waals surface area contributed by atoms with Crippen molar-refractivity contribution < 1.29 is 13.6 Å². The van der Waals surface area contributed by atoms with Crippen molar-refractivity contribution >= 4 is 12.1 Å². The van der Waals surface area contributed by atoms with Crippen LogP contribution in [0.2, 0.25) is 0 Å². The average molecular weight is 322 g/mol. The molecule has 0 unspecified atom stereocenters. The summed E-state index contributed by atoms with van der Waals surface area (Å²) in [5.41, 5.74) is 4.76. The maximum Gasteiger partial charge on any atom is 0.271 e. The fourth-order valence-electron chi connectivity index (χ4n) is 2.20. The van der Waals surface area contributed by atoms with Gasteiger partial charge in [-0.2, -0.15) is 5.10 Å². The molecule has 3 aromatic rings. The van der Waals surface area contributed by atoms with Gasteiger partial charge in [0, 0.05) is 11.1 Å². The number of hydrogen-bond donors (Lipinski definition) is 1. The highest BCUT2D eigenvalue weighted by Gasteiger charge is 2.05. The van der Waals surface area contributed by atoms with Crippen LogP contribution in [0.5, 0.6) is 0 Å². The standard InChI is InChI=1S/C19H15FN2O2/c1-13-3-2-4-15(11-13)19(23)22-21-12-17-9-10-18(24-17)14-5-7-16(20)8-6-14/h2-12H,1H3,(H,22,23)/b21-12-. The number of nitrogens with zero attached hydrogens (tertiary/aromatic N) is 1. The SMILES string of the molecule is Cc1cccc(C(=O)N/N=C\c2ccc(-c3ccc(F)cc3)o2)c1. The van der Waals surface area contributed by atoms with E-state index in [9.17, 15) is 9.18 Å². The zero-order chi connectivity index (χ0) is 16.9. The summed E-state index contributed by atoms with van der Waals surface area (Å²) in [7, 11) is 0. The van der Waals surface area contributed by atoms with Gasteiger partial charge in [0.1, 0.15) is 17.3 Å². The Labute approximate surface area is 138 Å². The van der Waals surface area contributed by atoms with Crippen LogP contribution in [0.1, 0.15) is 21.7 Å². The summed E-state index contributed by atoms with van der Waals surface area (Å²) in [6, 6.07) is 16.7. The minimum Gasteiger partial charge on any atom is -0.455 e. The van der Waals surface area contributed by atoms with E-state index in [1.165, 1.54) is 18.3 Å². The highest BCUT2D eigenvalue weighted by molar-refractivity contribution is 5.94. The first kappa shape index (κ1) is 15.7. The molecule has 0 aliphatic rings. The van der Waals surface area contributed by atoms with Gasteiger partial charge in [-0.25, -0.2) is 9.82 Å². The second-order valence-electron chi connectivity index (χ2n) is 5.28. The van der Waals surface area contributed by atoms with E-state index in [0.29, 0.717) is 17.1 Å². The second-order valence-corrected chi connectivity index (χ2v) is 5.28. The summed E-state index contributed by atoms with van der Waals surface area (Å²) in [5.74, 6) is 0.492. The molecule has 0 bridgehead atoms. The number of furan rings is 1. The number of benzene rings is 2. The van der Waals surface area contributed by atoms with E-state index in [2.05, 4.69) is 10.5 Å². The van der Waals surface area contributed by atoms with Crippen LogP contribution in [-0.2, 0) is 0 Å². The molecule has 24 heavy (non-hydrogen) atoms. The van der Waals surface area contributed by atoms with Crippen molar-refractivity contribution in [2.24, 2.45) is 5.10 Å². The topological polar surface area (TPSA) is 54.6 Å². The number of nitrogens with one attached hydrogen (secondary N) is 1. The summed E-state index contributed by atoms with van der Waals surface area (Å²) in [6.45, 7) is 1.92. The number of carbonyl (C=O) groups excluding carboxylic acids is 1. The van der Waals surface area contributed by atoms with Gasteiger partial charge in [0.2, 0.25) is 0 Å². The maximum atomic E-state index is 12.9. The molecule has 2 aromatic carbocycles. The lowest BCUT2D eigenvalue weighted by molar-refractivity contribution is 0.0955. The molecular formula is C19H15FN2O2. The van der Waals surface area contributed by atoms with E-state index in [1.54, 1.807) is 36.4 Å². The summed E-state index contributed by atoms with van der Waals surface area (Å²) in [6.07, 6.45) is 1.42. The van der Waals surface area contributed by atoms with E-state index < -0.39 is 0 Å². The summed E-state index contributed by atoms with van der Waals surface area (Å²) >= 11 is 0. The Bertz CT molecular complexity index is 882. The summed E-state index contributed by atoms with van der Waals surface area (Å²) in [5, 5.41) is 3.89. The largest absolute Gasteiger partial charge is 0.455 e. The van der Waals surface area contributed by atoms with Crippen LogP contribution in [0.15, 0.2) is 70.2 Å². The lowest BCUT2D eigenvalue weighted by Crippen LogP contribution is -2.17. The van der Waals surface area contributed by atoms with E-state index >= 15 is 0 Å². The van der Waals surface area contributed by atoms with E-state index in [1.807, 2.05) is 19.1 Å². The van der Waals surface area contributed by atoms with Crippen molar-refractivity contribution in [1.29, 1.82) is 0 Å². The Hall–Kier alpha value is -3.21. The molecule has 0 saturated carbocycles. The molecule has 0 saturated heterocycles. The third-order valence-electron chi connectivity index (χ3n) is 3.39.